The Morgan fingerprint density at radius 2 is 2.15 bits per heavy atom. The zero-order valence-corrected chi connectivity index (χ0v) is 14.7. The van der Waals surface area contributed by atoms with E-state index >= 15 is 0 Å². The molecular weight excluding hydrogens is 354 g/mol. The number of aryl methyl sites for hydroxylation is 1. The van der Waals surface area contributed by atoms with Gasteiger partial charge in [0.1, 0.15) is 5.69 Å². The van der Waals surface area contributed by atoms with Gasteiger partial charge in [0.2, 0.25) is 0 Å². The Bertz CT molecular complexity index is 966. The van der Waals surface area contributed by atoms with Crippen molar-refractivity contribution < 1.29 is 9.59 Å². The normalized spacial score (nSPS) is 13.3. The highest BCUT2D eigenvalue weighted by atomic mass is 32.1. The van der Waals surface area contributed by atoms with Crippen LogP contribution in [0.25, 0.3) is 0 Å². The summed E-state index contributed by atoms with van der Waals surface area (Å²) in [6.45, 7) is 1.00. The zero-order chi connectivity index (χ0) is 18.1. The van der Waals surface area contributed by atoms with Gasteiger partial charge in [0, 0.05) is 31.1 Å². The molecule has 0 saturated heterocycles. The van der Waals surface area contributed by atoms with Crippen LogP contribution in [0.3, 0.4) is 0 Å². The molecule has 3 aromatic rings. The number of aromatic nitrogens is 5. The average Bonchev–Trinajstić information content (AvgIpc) is 3.26. The molecule has 0 spiro atoms. The molecule has 0 unspecified atom stereocenters. The molecule has 0 bridgehead atoms. The van der Waals surface area contributed by atoms with Crippen LogP contribution in [0, 0.1) is 0 Å². The minimum Gasteiger partial charge on any atom is -0.332 e. The standard InChI is InChI=1S/C16H15N7O2S/c1-22-8-12(20-21-22)15(25)23-7-5-10-13(9-23)26-16(18-10)19-14(24)11-4-2-3-6-17-11/h2-4,6,8H,5,7,9H2,1H3,(H,18,19,24). The number of nitrogens with one attached hydrogen (secondary N) is 1. The predicted molar refractivity (Wildman–Crippen MR) is 93.8 cm³/mol. The number of pyridine rings is 1. The minimum absolute atomic E-state index is 0.156. The summed E-state index contributed by atoms with van der Waals surface area (Å²) in [7, 11) is 1.72. The molecule has 26 heavy (non-hydrogen) atoms. The molecule has 1 aliphatic rings. The van der Waals surface area contributed by atoms with Crippen LogP contribution in [0.2, 0.25) is 0 Å². The third kappa shape index (κ3) is 3.18. The molecule has 0 atom stereocenters. The molecule has 1 N–H and O–H groups in total. The lowest BCUT2D eigenvalue weighted by Crippen LogP contribution is -2.35. The van der Waals surface area contributed by atoms with Gasteiger partial charge < -0.3 is 4.90 Å². The first kappa shape index (κ1) is 16.3. The molecule has 1 aliphatic heterocycles. The molecule has 132 valence electrons. The maximum Gasteiger partial charge on any atom is 0.276 e. The predicted octanol–water partition coefficient (Wildman–Crippen LogP) is 1.12. The number of thiazole rings is 1. The topological polar surface area (TPSA) is 106 Å². The molecule has 0 radical (unpaired) electrons. The van der Waals surface area contributed by atoms with E-state index in [1.165, 1.54) is 16.0 Å². The number of rotatable bonds is 3. The Morgan fingerprint density at radius 1 is 1.27 bits per heavy atom. The number of nitrogens with zero attached hydrogens (tertiary/aromatic N) is 6. The number of carbonyl (C=O) groups is 2. The molecular formula is C16H15N7O2S. The maximum atomic E-state index is 12.5. The van der Waals surface area contributed by atoms with Crippen molar-refractivity contribution >= 4 is 28.3 Å². The maximum absolute atomic E-state index is 12.5. The fourth-order valence-electron chi connectivity index (χ4n) is 2.69. The van der Waals surface area contributed by atoms with Crippen molar-refractivity contribution in [1.29, 1.82) is 0 Å². The van der Waals surface area contributed by atoms with E-state index in [4.69, 9.17) is 0 Å². The van der Waals surface area contributed by atoms with E-state index in [-0.39, 0.29) is 11.8 Å². The number of hydrogen-bond donors (Lipinski definition) is 1. The van der Waals surface area contributed by atoms with Gasteiger partial charge in [0.05, 0.1) is 18.4 Å². The van der Waals surface area contributed by atoms with E-state index in [1.807, 2.05) is 0 Å². The van der Waals surface area contributed by atoms with E-state index < -0.39 is 0 Å². The fourth-order valence-corrected chi connectivity index (χ4v) is 3.71. The summed E-state index contributed by atoms with van der Waals surface area (Å²) in [5.74, 6) is -0.458. The Balaban J connectivity index is 1.47. The molecule has 0 saturated carbocycles. The smallest absolute Gasteiger partial charge is 0.276 e. The van der Waals surface area contributed by atoms with Gasteiger partial charge in [0.25, 0.3) is 11.8 Å². The second kappa shape index (κ2) is 6.64. The van der Waals surface area contributed by atoms with Crippen molar-refractivity contribution in [2.75, 3.05) is 11.9 Å². The van der Waals surface area contributed by atoms with Gasteiger partial charge in [-0.3, -0.25) is 24.6 Å². The van der Waals surface area contributed by atoms with Gasteiger partial charge in [-0.15, -0.1) is 5.10 Å². The molecule has 4 rings (SSSR count). The van der Waals surface area contributed by atoms with Crippen molar-refractivity contribution in [2.45, 2.75) is 13.0 Å². The number of amides is 2. The van der Waals surface area contributed by atoms with E-state index in [0.29, 0.717) is 36.0 Å². The van der Waals surface area contributed by atoms with Gasteiger partial charge in [-0.2, -0.15) is 0 Å². The molecule has 4 heterocycles. The van der Waals surface area contributed by atoms with Crippen LogP contribution >= 0.6 is 11.3 Å². The van der Waals surface area contributed by atoms with Gasteiger partial charge in [-0.25, -0.2) is 4.98 Å². The summed E-state index contributed by atoms with van der Waals surface area (Å²) in [4.78, 5) is 35.9. The molecule has 9 nitrogen and oxygen atoms in total. The number of anilines is 1. The highest BCUT2D eigenvalue weighted by molar-refractivity contribution is 7.15. The number of fused-ring (bicyclic) bond motifs is 1. The molecule has 0 aliphatic carbocycles. The molecule has 0 aromatic carbocycles. The number of hydrogen-bond acceptors (Lipinski definition) is 7. The Labute approximate surface area is 152 Å². The zero-order valence-electron chi connectivity index (χ0n) is 13.9. The molecule has 0 fully saturated rings. The lowest BCUT2D eigenvalue weighted by Gasteiger charge is -2.25. The molecule has 2 amide bonds. The van der Waals surface area contributed by atoms with Gasteiger partial charge in [-0.1, -0.05) is 22.6 Å². The largest absolute Gasteiger partial charge is 0.332 e. The van der Waals surface area contributed by atoms with Gasteiger partial charge in [-0.05, 0) is 12.1 Å². The summed E-state index contributed by atoms with van der Waals surface area (Å²) < 4.78 is 1.50. The van der Waals surface area contributed by atoms with Crippen LogP contribution in [-0.2, 0) is 20.0 Å². The van der Waals surface area contributed by atoms with Crippen molar-refractivity contribution in [2.24, 2.45) is 7.05 Å². The van der Waals surface area contributed by atoms with Crippen LogP contribution in [-0.4, -0.2) is 48.2 Å². The van der Waals surface area contributed by atoms with Crippen LogP contribution in [0.1, 0.15) is 31.5 Å². The van der Waals surface area contributed by atoms with Crippen molar-refractivity contribution in [3.63, 3.8) is 0 Å². The van der Waals surface area contributed by atoms with Gasteiger partial charge >= 0.3 is 0 Å². The van der Waals surface area contributed by atoms with E-state index in [9.17, 15) is 9.59 Å². The fraction of sp³-hybridized carbons (Fsp3) is 0.250. The quantitative estimate of drug-likeness (QED) is 0.741. The van der Waals surface area contributed by atoms with E-state index in [1.54, 1.807) is 42.5 Å². The SMILES string of the molecule is Cn1cc(C(=O)N2CCc3nc(NC(=O)c4ccccn4)sc3C2)nn1. The second-order valence-corrected chi connectivity index (χ2v) is 6.90. The first-order valence-electron chi connectivity index (χ1n) is 7.97. The monoisotopic (exact) mass is 369 g/mol. The minimum atomic E-state index is -0.302. The summed E-state index contributed by atoms with van der Waals surface area (Å²) in [6, 6.07) is 5.15. The van der Waals surface area contributed by atoms with E-state index in [0.717, 1.165) is 10.6 Å². The van der Waals surface area contributed by atoms with Crippen molar-refractivity contribution in [3.05, 3.63) is 52.6 Å². The van der Waals surface area contributed by atoms with Crippen LogP contribution in [0.15, 0.2) is 30.6 Å². The average molecular weight is 369 g/mol. The Morgan fingerprint density at radius 3 is 2.88 bits per heavy atom. The lowest BCUT2D eigenvalue weighted by atomic mass is 10.1. The van der Waals surface area contributed by atoms with Gasteiger partial charge in [0.15, 0.2) is 10.8 Å². The lowest BCUT2D eigenvalue weighted by molar-refractivity contribution is 0.0730. The van der Waals surface area contributed by atoms with Crippen LogP contribution < -0.4 is 5.32 Å². The first-order chi connectivity index (χ1) is 12.6. The van der Waals surface area contributed by atoms with Crippen LogP contribution in [0.5, 0.6) is 0 Å². The van der Waals surface area contributed by atoms with Crippen molar-refractivity contribution in [3.8, 4) is 0 Å². The Kier molecular flexibility index (Phi) is 4.17. The van der Waals surface area contributed by atoms with Crippen LogP contribution in [0.4, 0.5) is 5.13 Å². The molecule has 3 aromatic heterocycles. The second-order valence-electron chi connectivity index (χ2n) is 5.81. The van der Waals surface area contributed by atoms with Crippen molar-refractivity contribution in [1.82, 2.24) is 29.9 Å². The third-order valence-corrected chi connectivity index (χ3v) is 4.96. The highest BCUT2D eigenvalue weighted by Gasteiger charge is 2.26. The molecule has 10 heteroatoms. The highest BCUT2D eigenvalue weighted by Crippen LogP contribution is 2.29. The Hall–Kier alpha value is -3.14. The summed E-state index contributed by atoms with van der Waals surface area (Å²) in [5.41, 5.74) is 1.57. The summed E-state index contributed by atoms with van der Waals surface area (Å²) >= 11 is 1.37. The number of carbonyl (C=O) groups excluding carboxylic acids is 2. The summed E-state index contributed by atoms with van der Waals surface area (Å²) in [6.07, 6.45) is 3.80. The first-order valence-corrected chi connectivity index (χ1v) is 8.78. The third-order valence-electron chi connectivity index (χ3n) is 3.96. The van der Waals surface area contributed by atoms with E-state index in [2.05, 4.69) is 25.6 Å². The summed E-state index contributed by atoms with van der Waals surface area (Å²) in [5, 5.41) is 11.0.